The average molecular weight is 558 g/mol. The number of nitrogens with one attached hydrogen (secondary N) is 1. The SMILES string of the molecule is COCC1=CSC2C(NC(=O)/C(=N\OC)c3csc(N)n3)C(=O)N2C1C(=O)OC(C)OC(=O)OC(C)C. The Bertz CT molecular complexity index is 1110. The van der Waals surface area contributed by atoms with Crippen molar-refractivity contribution in [2.45, 2.75) is 50.6 Å². The van der Waals surface area contributed by atoms with E-state index in [4.69, 9.17) is 29.5 Å². The second-order valence-electron chi connectivity index (χ2n) is 7.98. The number of rotatable bonds is 10. The molecule has 1 fully saturated rings. The summed E-state index contributed by atoms with van der Waals surface area (Å²) in [7, 11) is 2.71. The standard InChI is InChI=1S/C21H27N5O9S2/c1-9(2)33-21(30)35-10(3)34-19(29)15-11(6-31-4)7-36-18-14(17(28)26(15)18)24-16(27)13(25-32-5)12-8-37-20(22)23-12/h7-10,14-15,18H,6H2,1-5H3,(H2,22,23)(H,24,27)/b25-13-. The van der Waals surface area contributed by atoms with Crippen LogP contribution in [-0.2, 0) is 38.2 Å². The number of fused-ring (bicyclic) bond motifs is 1. The zero-order chi connectivity index (χ0) is 27.3. The first-order valence-corrected chi connectivity index (χ1v) is 12.8. The van der Waals surface area contributed by atoms with Crippen LogP contribution in [0.15, 0.2) is 21.5 Å². The summed E-state index contributed by atoms with van der Waals surface area (Å²) < 4.78 is 20.2. The van der Waals surface area contributed by atoms with Crippen LogP contribution in [0.5, 0.6) is 0 Å². The number of ether oxygens (including phenoxy) is 4. The van der Waals surface area contributed by atoms with Gasteiger partial charge in [0.2, 0.25) is 12.2 Å². The van der Waals surface area contributed by atoms with Crippen LogP contribution < -0.4 is 11.1 Å². The summed E-state index contributed by atoms with van der Waals surface area (Å²) >= 11 is 2.34. The normalized spacial score (nSPS) is 21.8. The zero-order valence-corrected chi connectivity index (χ0v) is 22.3. The van der Waals surface area contributed by atoms with E-state index in [0.717, 1.165) is 11.3 Å². The van der Waals surface area contributed by atoms with Gasteiger partial charge in [0.05, 0.1) is 12.7 Å². The molecule has 1 saturated heterocycles. The van der Waals surface area contributed by atoms with Gasteiger partial charge in [-0.15, -0.1) is 23.1 Å². The topological polar surface area (TPSA) is 181 Å². The molecule has 2 aliphatic heterocycles. The number of thioether (sulfide) groups is 1. The van der Waals surface area contributed by atoms with Crippen LogP contribution in [0.25, 0.3) is 0 Å². The van der Waals surface area contributed by atoms with Gasteiger partial charge in [-0.2, -0.15) is 0 Å². The van der Waals surface area contributed by atoms with Gasteiger partial charge in [0.15, 0.2) is 16.9 Å². The van der Waals surface area contributed by atoms with E-state index in [9.17, 15) is 19.2 Å². The van der Waals surface area contributed by atoms with Crippen molar-refractivity contribution in [2.24, 2.45) is 5.16 Å². The molecule has 4 atom stereocenters. The minimum Gasteiger partial charge on any atom is -0.431 e. The molecular weight excluding hydrogens is 530 g/mol. The van der Waals surface area contributed by atoms with Gasteiger partial charge >= 0.3 is 12.1 Å². The van der Waals surface area contributed by atoms with Crippen LogP contribution in [0.4, 0.5) is 9.93 Å². The molecule has 202 valence electrons. The molecular formula is C21H27N5O9S2. The molecule has 0 spiro atoms. The monoisotopic (exact) mass is 557 g/mol. The largest absolute Gasteiger partial charge is 0.511 e. The smallest absolute Gasteiger partial charge is 0.431 e. The van der Waals surface area contributed by atoms with Crippen LogP contribution >= 0.6 is 23.1 Å². The number of oxime groups is 1. The molecule has 1 aromatic heterocycles. The third kappa shape index (κ3) is 6.50. The van der Waals surface area contributed by atoms with Gasteiger partial charge in [-0.3, -0.25) is 9.59 Å². The number of aromatic nitrogens is 1. The Morgan fingerprint density at radius 3 is 2.54 bits per heavy atom. The molecule has 0 aromatic carbocycles. The van der Waals surface area contributed by atoms with Crippen LogP contribution in [0, 0.1) is 0 Å². The Kier molecular flexibility index (Phi) is 9.34. The van der Waals surface area contributed by atoms with Gasteiger partial charge in [0.25, 0.3) is 5.91 Å². The minimum absolute atomic E-state index is 0.0425. The fraction of sp³-hybridized carbons (Fsp3) is 0.524. The molecule has 2 aliphatic rings. The number of carbonyl (C=O) groups excluding carboxylic acids is 4. The predicted octanol–water partition coefficient (Wildman–Crippen LogP) is 0.825. The van der Waals surface area contributed by atoms with E-state index in [0.29, 0.717) is 5.57 Å². The zero-order valence-electron chi connectivity index (χ0n) is 20.7. The number of amides is 2. The van der Waals surface area contributed by atoms with Crippen LogP contribution in [0.2, 0.25) is 0 Å². The van der Waals surface area contributed by atoms with Crippen LogP contribution in [-0.4, -0.2) is 90.2 Å². The van der Waals surface area contributed by atoms with Crippen molar-refractivity contribution in [3.63, 3.8) is 0 Å². The Morgan fingerprint density at radius 1 is 1.22 bits per heavy atom. The molecule has 0 radical (unpaired) electrons. The summed E-state index contributed by atoms with van der Waals surface area (Å²) in [6.45, 7) is 4.67. The maximum absolute atomic E-state index is 13.1. The van der Waals surface area contributed by atoms with Crippen LogP contribution in [0.3, 0.4) is 0 Å². The number of nitrogen functional groups attached to an aromatic ring is 1. The van der Waals surface area contributed by atoms with E-state index in [1.807, 2.05) is 0 Å². The molecule has 0 aliphatic carbocycles. The maximum Gasteiger partial charge on any atom is 0.511 e. The number of carbonyl (C=O) groups is 4. The Balaban J connectivity index is 1.73. The van der Waals surface area contributed by atoms with Crippen molar-refractivity contribution in [3.8, 4) is 0 Å². The van der Waals surface area contributed by atoms with E-state index in [1.165, 1.54) is 43.2 Å². The first-order chi connectivity index (χ1) is 17.6. The summed E-state index contributed by atoms with van der Waals surface area (Å²) in [5.74, 6) is -2.07. The Morgan fingerprint density at radius 2 is 1.95 bits per heavy atom. The Labute approximate surface area is 220 Å². The van der Waals surface area contributed by atoms with Gasteiger partial charge in [0, 0.05) is 19.4 Å². The summed E-state index contributed by atoms with van der Waals surface area (Å²) in [6.07, 6.45) is -2.70. The highest BCUT2D eigenvalue weighted by Crippen LogP contribution is 2.40. The van der Waals surface area contributed by atoms with Gasteiger partial charge in [-0.1, -0.05) is 5.16 Å². The number of hydrogen-bond donors (Lipinski definition) is 2. The lowest BCUT2D eigenvalue weighted by atomic mass is 9.98. The van der Waals surface area contributed by atoms with Crippen molar-refractivity contribution >= 4 is 57.9 Å². The third-order valence-corrected chi connectivity index (χ3v) is 6.82. The molecule has 16 heteroatoms. The highest BCUT2D eigenvalue weighted by atomic mass is 32.2. The van der Waals surface area contributed by atoms with Crippen molar-refractivity contribution < 1.29 is 43.0 Å². The second-order valence-corrected chi connectivity index (χ2v) is 9.86. The maximum atomic E-state index is 13.1. The number of thiazole rings is 1. The lowest BCUT2D eigenvalue weighted by Gasteiger charge is -2.51. The second kappa shape index (κ2) is 12.2. The minimum atomic E-state index is -1.28. The fourth-order valence-corrected chi connectivity index (χ4v) is 5.25. The lowest BCUT2D eigenvalue weighted by Crippen LogP contribution is -2.74. The predicted molar refractivity (Wildman–Crippen MR) is 132 cm³/mol. The summed E-state index contributed by atoms with van der Waals surface area (Å²) in [6, 6.07) is -2.12. The first-order valence-electron chi connectivity index (χ1n) is 10.9. The molecule has 3 N–H and O–H groups in total. The van der Waals surface area contributed by atoms with Crippen molar-refractivity contribution in [3.05, 3.63) is 22.1 Å². The van der Waals surface area contributed by atoms with E-state index >= 15 is 0 Å². The van der Waals surface area contributed by atoms with Crippen molar-refractivity contribution in [1.82, 2.24) is 15.2 Å². The van der Waals surface area contributed by atoms with E-state index in [-0.39, 0.29) is 23.1 Å². The molecule has 0 saturated carbocycles. The van der Waals surface area contributed by atoms with Gasteiger partial charge in [-0.25, -0.2) is 14.6 Å². The molecule has 37 heavy (non-hydrogen) atoms. The van der Waals surface area contributed by atoms with Crippen molar-refractivity contribution in [1.29, 1.82) is 0 Å². The van der Waals surface area contributed by atoms with Gasteiger partial charge < -0.3 is 39.7 Å². The lowest BCUT2D eigenvalue weighted by molar-refractivity contribution is -0.179. The molecule has 14 nitrogen and oxygen atoms in total. The highest BCUT2D eigenvalue weighted by molar-refractivity contribution is 8.03. The number of methoxy groups -OCH3 is 1. The summed E-state index contributed by atoms with van der Waals surface area (Å²) in [5, 5.41) is 9.13. The fourth-order valence-electron chi connectivity index (χ4n) is 3.49. The molecule has 1 aromatic rings. The van der Waals surface area contributed by atoms with E-state index in [1.54, 1.807) is 19.3 Å². The van der Waals surface area contributed by atoms with E-state index in [2.05, 4.69) is 15.5 Å². The van der Waals surface area contributed by atoms with E-state index < -0.39 is 53.8 Å². The number of esters is 1. The summed E-state index contributed by atoms with van der Waals surface area (Å²) in [5.41, 5.74) is 6.14. The Hall–Kier alpha value is -3.37. The number of β-lactam (4-membered cyclic amide) rings is 1. The summed E-state index contributed by atoms with van der Waals surface area (Å²) in [4.78, 5) is 60.8. The molecule has 2 amide bonds. The number of anilines is 1. The molecule has 4 unspecified atom stereocenters. The number of hydrogen-bond acceptors (Lipinski definition) is 14. The molecule has 3 rings (SSSR count). The number of nitrogens with zero attached hydrogens (tertiary/aromatic N) is 3. The highest BCUT2D eigenvalue weighted by Gasteiger charge is 2.56. The van der Waals surface area contributed by atoms with Crippen molar-refractivity contribution in [2.75, 3.05) is 26.6 Å². The van der Waals surface area contributed by atoms with Crippen LogP contribution in [0.1, 0.15) is 26.5 Å². The van der Waals surface area contributed by atoms with Gasteiger partial charge in [0.1, 0.15) is 24.2 Å². The molecule has 3 heterocycles. The first kappa shape index (κ1) is 28.2. The molecule has 0 bridgehead atoms. The van der Waals surface area contributed by atoms with Gasteiger partial charge in [-0.05, 0) is 24.8 Å². The average Bonchev–Trinajstić information content (AvgIpc) is 3.25. The quantitative estimate of drug-likeness (QED) is 0.136. The third-order valence-electron chi connectivity index (χ3n) is 4.93. The number of nitrogens with two attached hydrogens (primary N) is 1.